The molecule has 1 heterocycles. The third-order valence-electron chi connectivity index (χ3n) is 2.28. The van der Waals surface area contributed by atoms with Crippen LogP contribution in [0.25, 0.3) is 0 Å². The van der Waals surface area contributed by atoms with Gasteiger partial charge in [-0.05, 0) is 6.42 Å². The van der Waals surface area contributed by atoms with E-state index in [1.807, 2.05) is 13.8 Å². The van der Waals surface area contributed by atoms with Gasteiger partial charge >= 0.3 is 5.69 Å². The van der Waals surface area contributed by atoms with Crippen molar-refractivity contribution < 1.29 is 10.0 Å². The molecule has 0 saturated heterocycles. The molecule has 96 valence electrons. The van der Waals surface area contributed by atoms with Crippen molar-refractivity contribution in [3.8, 4) is 0 Å². The minimum absolute atomic E-state index is 0.0177. The lowest BCUT2D eigenvalue weighted by Crippen LogP contribution is -2.05. The molecular formula is C10H17N3O3S. The quantitative estimate of drug-likeness (QED) is 0.478. The van der Waals surface area contributed by atoms with Gasteiger partial charge in [0.15, 0.2) is 5.03 Å². The zero-order valence-corrected chi connectivity index (χ0v) is 11.0. The lowest BCUT2D eigenvalue weighted by Gasteiger charge is -2.06. The molecule has 1 aromatic rings. The molecule has 0 aliphatic carbocycles. The van der Waals surface area contributed by atoms with Gasteiger partial charge in [0.2, 0.25) is 0 Å². The minimum Gasteiger partial charge on any atom is -0.395 e. The Morgan fingerprint density at radius 1 is 1.65 bits per heavy atom. The average Bonchev–Trinajstić information content (AvgIpc) is 2.56. The van der Waals surface area contributed by atoms with Gasteiger partial charge in [-0.25, -0.2) is 0 Å². The zero-order valence-electron chi connectivity index (χ0n) is 10.2. The smallest absolute Gasteiger partial charge is 0.323 e. The molecule has 1 rings (SSSR count). The number of hydrogen-bond acceptors (Lipinski definition) is 5. The first kappa shape index (κ1) is 14.0. The van der Waals surface area contributed by atoms with Crippen molar-refractivity contribution >= 4 is 17.4 Å². The van der Waals surface area contributed by atoms with Crippen LogP contribution in [0.15, 0.2) is 5.03 Å². The van der Waals surface area contributed by atoms with Crippen LogP contribution in [0.4, 0.5) is 5.69 Å². The number of aliphatic hydroxyl groups is 1. The van der Waals surface area contributed by atoms with E-state index in [0.29, 0.717) is 17.1 Å². The Morgan fingerprint density at radius 2 is 2.29 bits per heavy atom. The molecule has 0 aliphatic rings. The maximum atomic E-state index is 11.1. The van der Waals surface area contributed by atoms with E-state index in [2.05, 4.69) is 5.10 Å². The Balaban J connectivity index is 3.13. The van der Waals surface area contributed by atoms with Gasteiger partial charge in [0.05, 0.1) is 11.5 Å². The normalized spacial score (nSPS) is 12.7. The topological polar surface area (TPSA) is 81.2 Å². The summed E-state index contributed by atoms with van der Waals surface area (Å²) in [4.78, 5) is 10.7. The number of rotatable bonds is 6. The van der Waals surface area contributed by atoms with E-state index in [1.165, 1.54) is 16.4 Å². The fourth-order valence-corrected chi connectivity index (χ4v) is 2.45. The van der Waals surface area contributed by atoms with Crippen molar-refractivity contribution in [2.45, 2.75) is 37.0 Å². The van der Waals surface area contributed by atoms with Crippen molar-refractivity contribution in [2.75, 3.05) is 6.61 Å². The summed E-state index contributed by atoms with van der Waals surface area (Å²) in [6.45, 7) is 3.76. The maximum Gasteiger partial charge on any atom is 0.323 e. The Kier molecular flexibility index (Phi) is 4.95. The van der Waals surface area contributed by atoms with Crippen LogP contribution in [-0.4, -0.2) is 31.7 Å². The highest BCUT2D eigenvalue weighted by Crippen LogP contribution is 2.34. The number of aromatic nitrogens is 2. The molecule has 0 bridgehead atoms. The van der Waals surface area contributed by atoms with Gasteiger partial charge in [0.1, 0.15) is 5.69 Å². The molecule has 7 heteroatoms. The zero-order chi connectivity index (χ0) is 13.0. The highest BCUT2D eigenvalue weighted by molar-refractivity contribution is 8.00. The molecule has 0 aliphatic heterocycles. The predicted molar refractivity (Wildman–Crippen MR) is 66.3 cm³/mol. The number of hydrogen-bond donors (Lipinski definition) is 1. The molecule has 17 heavy (non-hydrogen) atoms. The third-order valence-corrected chi connectivity index (χ3v) is 3.51. The molecule has 0 fully saturated rings. The fraction of sp³-hybridized carbons (Fsp3) is 0.700. The summed E-state index contributed by atoms with van der Waals surface area (Å²) in [5, 5.41) is 24.7. The maximum absolute atomic E-state index is 11.1. The van der Waals surface area contributed by atoms with Crippen LogP contribution in [0.2, 0.25) is 0 Å². The van der Waals surface area contributed by atoms with E-state index in [-0.39, 0.29) is 22.5 Å². The summed E-state index contributed by atoms with van der Waals surface area (Å²) in [5.74, 6) is 0. The van der Waals surface area contributed by atoms with Crippen LogP contribution >= 0.6 is 11.8 Å². The highest BCUT2D eigenvalue weighted by atomic mass is 32.2. The first-order valence-corrected chi connectivity index (χ1v) is 6.37. The van der Waals surface area contributed by atoms with Crippen LogP contribution in [0.3, 0.4) is 0 Å². The van der Waals surface area contributed by atoms with Crippen molar-refractivity contribution in [1.82, 2.24) is 9.78 Å². The Bertz CT molecular complexity index is 406. The van der Waals surface area contributed by atoms with Crippen LogP contribution < -0.4 is 0 Å². The lowest BCUT2D eigenvalue weighted by atomic mass is 10.2. The summed E-state index contributed by atoms with van der Waals surface area (Å²) in [6, 6.07) is 0. The summed E-state index contributed by atoms with van der Waals surface area (Å²) in [6.07, 6.45) is 1.41. The Morgan fingerprint density at radius 3 is 2.76 bits per heavy atom. The number of nitrogens with zero attached hydrogens (tertiary/aromatic N) is 3. The number of aryl methyl sites for hydroxylation is 2. The summed E-state index contributed by atoms with van der Waals surface area (Å²) < 4.78 is 1.53. The lowest BCUT2D eigenvalue weighted by molar-refractivity contribution is -0.388. The monoisotopic (exact) mass is 259 g/mol. The van der Waals surface area contributed by atoms with Gasteiger partial charge in [-0.15, -0.1) is 0 Å². The largest absolute Gasteiger partial charge is 0.395 e. The van der Waals surface area contributed by atoms with E-state index < -0.39 is 0 Å². The van der Waals surface area contributed by atoms with E-state index >= 15 is 0 Å². The second-order valence-electron chi connectivity index (χ2n) is 3.84. The molecule has 0 spiro atoms. The molecule has 1 atom stereocenters. The van der Waals surface area contributed by atoms with Gasteiger partial charge in [-0.2, -0.15) is 5.10 Å². The average molecular weight is 259 g/mol. The van der Waals surface area contributed by atoms with E-state index in [1.54, 1.807) is 7.05 Å². The van der Waals surface area contributed by atoms with Crippen molar-refractivity contribution in [2.24, 2.45) is 7.05 Å². The van der Waals surface area contributed by atoms with E-state index in [9.17, 15) is 10.1 Å². The summed E-state index contributed by atoms with van der Waals surface area (Å²) >= 11 is 1.28. The Hall–Kier alpha value is -1.08. The van der Waals surface area contributed by atoms with Crippen LogP contribution in [-0.2, 0) is 13.5 Å². The Labute approximate surface area is 104 Å². The van der Waals surface area contributed by atoms with Crippen molar-refractivity contribution in [3.63, 3.8) is 0 Å². The van der Waals surface area contributed by atoms with Gasteiger partial charge in [0, 0.05) is 12.3 Å². The molecule has 6 nitrogen and oxygen atoms in total. The van der Waals surface area contributed by atoms with Gasteiger partial charge < -0.3 is 5.11 Å². The fourth-order valence-electron chi connectivity index (χ4n) is 1.50. The third kappa shape index (κ3) is 3.19. The minimum atomic E-state index is -0.385. The molecule has 0 saturated carbocycles. The van der Waals surface area contributed by atoms with Crippen LogP contribution in [0, 0.1) is 10.1 Å². The highest BCUT2D eigenvalue weighted by Gasteiger charge is 2.27. The molecular weight excluding hydrogens is 242 g/mol. The van der Waals surface area contributed by atoms with Gasteiger partial charge in [-0.3, -0.25) is 14.8 Å². The van der Waals surface area contributed by atoms with Crippen LogP contribution in [0.5, 0.6) is 0 Å². The second-order valence-corrected chi connectivity index (χ2v) is 5.27. The molecule has 0 amide bonds. The number of thioether (sulfide) groups is 1. The van der Waals surface area contributed by atoms with Crippen LogP contribution in [0.1, 0.15) is 26.0 Å². The standard InChI is InChI=1S/C10H17N3O3S/c1-4-5-8-9(13(15)16)10(12(3)11-8)17-7(2)6-14/h7,14H,4-6H2,1-3H3. The van der Waals surface area contributed by atoms with Gasteiger partial charge in [0.25, 0.3) is 0 Å². The first-order chi connectivity index (χ1) is 8.01. The first-order valence-electron chi connectivity index (χ1n) is 5.49. The van der Waals surface area contributed by atoms with Crippen molar-refractivity contribution in [1.29, 1.82) is 0 Å². The van der Waals surface area contributed by atoms with Gasteiger partial charge in [-0.1, -0.05) is 32.0 Å². The SMILES string of the molecule is CCCc1nn(C)c(SC(C)CO)c1[N+](=O)[O-]. The molecule has 1 aromatic heterocycles. The second kappa shape index (κ2) is 6.02. The number of nitro groups is 1. The van der Waals surface area contributed by atoms with E-state index in [0.717, 1.165) is 6.42 Å². The van der Waals surface area contributed by atoms with E-state index in [4.69, 9.17) is 5.11 Å². The van der Waals surface area contributed by atoms with Crippen molar-refractivity contribution in [3.05, 3.63) is 15.8 Å². The molecule has 0 aromatic carbocycles. The molecule has 0 radical (unpaired) electrons. The molecule has 1 N–H and O–H groups in total. The summed E-state index contributed by atoms with van der Waals surface area (Å²) in [7, 11) is 1.69. The number of aliphatic hydroxyl groups excluding tert-OH is 1. The molecule has 1 unspecified atom stereocenters. The summed E-state index contributed by atoms with van der Waals surface area (Å²) in [5.41, 5.74) is 0.604. The predicted octanol–water partition coefficient (Wildman–Crippen LogP) is 1.75.